The van der Waals surface area contributed by atoms with Gasteiger partial charge in [0.25, 0.3) is 0 Å². The number of H-pyrrole nitrogens is 1. The third-order valence-electron chi connectivity index (χ3n) is 4.15. The molecule has 25 heavy (non-hydrogen) atoms. The molecule has 0 unspecified atom stereocenters. The molecule has 0 atom stereocenters. The van der Waals surface area contributed by atoms with Crippen LogP contribution in [0.2, 0.25) is 0 Å². The predicted octanol–water partition coefficient (Wildman–Crippen LogP) is 3.74. The SMILES string of the molecule is COc1ccc(OC)c(-c2nccn2-c2ccc3nc(C)[nH]c3c2)c1. The number of aromatic nitrogens is 4. The molecule has 0 aliphatic carbocycles. The number of imidazole rings is 2. The van der Waals surface area contributed by atoms with E-state index in [1.807, 2.05) is 48.0 Å². The average Bonchev–Trinajstić information content (AvgIpc) is 3.25. The summed E-state index contributed by atoms with van der Waals surface area (Å²) >= 11 is 0. The normalized spacial score (nSPS) is 11.0. The standard InChI is InChI=1S/C19H18N4O2/c1-12-21-16-6-4-13(10-17(16)22-12)23-9-8-20-19(23)15-11-14(24-2)5-7-18(15)25-3/h4-11H,1-3H3,(H,21,22). The first kappa shape index (κ1) is 15.3. The molecule has 6 heteroatoms. The van der Waals surface area contributed by atoms with Gasteiger partial charge in [0, 0.05) is 18.1 Å². The molecular weight excluding hydrogens is 316 g/mol. The summed E-state index contributed by atoms with van der Waals surface area (Å²) in [4.78, 5) is 12.3. The zero-order valence-corrected chi connectivity index (χ0v) is 14.3. The van der Waals surface area contributed by atoms with Gasteiger partial charge in [0.2, 0.25) is 0 Å². The van der Waals surface area contributed by atoms with Crippen molar-refractivity contribution >= 4 is 11.0 Å². The van der Waals surface area contributed by atoms with Gasteiger partial charge in [0.1, 0.15) is 23.1 Å². The van der Waals surface area contributed by atoms with Crippen molar-refractivity contribution in [3.8, 4) is 28.6 Å². The minimum absolute atomic E-state index is 0.742. The van der Waals surface area contributed by atoms with E-state index in [4.69, 9.17) is 9.47 Å². The number of hydrogen-bond acceptors (Lipinski definition) is 4. The van der Waals surface area contributed by atoms with Gasteiger partial charge in [-0.05, 0) is 43.3 Å². The monoisotopic (exact) mass is 334 g/mol. The Hall–Kier alpha value is -3.28. The summed E-state index contributed by atoms with van der Waals surface area (Å²) in [6, 6.07) is 11.8. The molecule has 4 aromatic rings. The Bertz CT molecular complexity index is 1050. The summed E-state index contributed by atoms with van der Waals surface area (Å²) in [6.45, 7) is 1.95. The lowest BCUT2D eigenvalue weighted by Crippen LogP contribution is -1.99. The van der Waals surface area contributed by atoms with Crippen LogP contribution in [0.25, 0.3) is 28.1 Å². The van der Waals surface area contributed by atoms with Crippen molar-refractivity contribution in [2.45, 2.75) is 6.92 Å². The molecule has 0 amide bonds. The minimum atomic E-state index is 0.742. The van der Waals surface area contributed by atoms with Crippen LogP contribution in [0.4, 0.5) is 0 Å². The number of hydrogen-bond donors (Lipinski definition) is 1. The van der Waals surface area contributed by atoms with Gasteiger partial charge in [-0.3, -0.25) is 4.57 Å². The number of nitrogens with one attached hydrogen (secondary N) is 1. The van der Waals surface area contributed by atoms with E-state index in [0.717, 1.165) is 45.4 Å². The number of ether oxygens (including phenoxy) is 2. The first-order valence-electron chi connectivity index (χ1n) is 7.92. The number of methoxy groups -OCH3 is 2. The van der Waals surface area contributed by atoms with Crippen molar-refractivity contribution in [1.82, 2.24) is 19.5 Å². The van der Waals surface area contributed by atoms with Crippen molar-refractivity contribution < 1.29 is 9.47 Å². The average molecular weight is 334 g/mol. The lowest BCUT2D eigenvalue weighted by atomic mass is 10.1. The van der Waals surface area contributed by atoms with E-state index >= 15 is 0 Å². The molecule has 4 rings (SSSR count). The van der Waals surface area contributed by atoms with Crippen molar-refractivity contribution in [3.63, 3.8) is 0 Å². The molecule has 0 fully saturated rings. The highest BCUT2D eigenvalue weighted by Gasteiger charge is 2.14. The van der Waals surface area contributed by atoms with Crippen LogP contribution in [0.3, 0.4) is 0 Å². The second kappa shape index (κ2) is 5.98. The Morgan fingerprint density at radius 2 is 1.92 bits per heavy atom. The fraction of sp³-hybridized carbons (Fsp3) is 0.158. The van der Waals surface area contributed by atoms with Gasteiger partial charge < -0.3 is 14.5 Å². The fourth-order valence-corrected chi connectivity index (χ4v) is 2.97. The highest BCUT2D eigenvalue weighted by molar-refractivity contribution is 5.78. The first-order valence-corrected chi connectivity index (χ1v) is 7.92. The van der Waals surface area contributed by atoms with Crippen LogP contribution in [0.5, 0.6) is 11.5 Å². The van der Waals surface area contributed by atoms with Crippen molar-refractivity contribution in [2.75, 3.05) is 14.2 Å². The largest absolute Gasteiger partial charge is 0.497 e. The topological polar surface area (TPSA) is 65.0 Å². The maximum Gasteiger partial charge on any atom is 0.148 e. The van der Waals surface area contributed by atoms with Crippen LogP contribution in [0.1, 0.15) is 5.82 Å². The molecule has 2 heterocycles. The number of aryl methyl sites for hydroxylation is 1. The van der Waals surface area contributed by atoms with Gasteiger partial charge in [-0.15, -0.1) is 0 Å². The summed E-state index contributed by atoms with van der Waals surface area (Å²) in [5.74, 6) is 3.18. The molecule has 2 aromatic heterocycles. The zero-order valence-electron chi connectivity index (χ0n) is 14.3. The maximum absolute atomic E-state index is 5.51. The van der Waals surface area contributed by atoms with Crippen LogP contribution >= 0.6 is 0 Å². The molecule has 6 nitrogen and oxygen atoms in total. The molecule has 1 N–H and O–H groups in total. The van der Waals surface area contributed by atoms with Crippen LogP contribution in [0, 0.1) is 6.92 Å². The minimum Gasteiger partial charge on any atom is -0.497 e. The van der Waals surface area contributed by atoms with Gasteiger partial charge in [-0.1, -0.05) is 0 Å². The number of fused-ring (bicyclic) bond motifs is 1. The van der Waals surface area contributed by atoms with Gasteiger partial charge in [-0.2, -0.15) is 0 Å². The van der Waals surface area contributed by atoms with Crippen LogP contribution in [-0.4, -0.2) is 33.7 Å². The van der Waals surface area contributed by atoms with Crippen LogP contribution in [-0.2, 0) is 0 Å². The molecule has 0 radical (unpaired) electrons. The second-order valence-corrected chi connectivity index (χ2v) is 5.71. The van der Waals surface area contributed by atoms with Gasteiger partial charge in [-0.25, -0.2) is 9.97 Å². The number of nitrogens with zero attached hydrogens (tertiary/aromatic N) is 3. The van der Waals surface area contributed by atoms with Crippen LogP contribution < -0.4 is 9.47 Å². The highest BCUT2D eigenvalue weighted by atomic mass is 16.5. The summed E-state index contributed by atoms with van der Waals surface area (Å²) < 4.78 is 12.9. The van der Waals surface area contributed by atoms with Gasteiger partial charge in [0.05, 0.1) is 30.8 Å². The molecule has 0 aliphatic heterocycles. The summed E-state index contributed by atoms with van der Waals surface area (Å²) in [6.07, 6.45) is 3.70. The molecule has 0 saturated carbocycles. The third kappa shape index (κ3) is 2.61. The quantitative estimate of drug-likeness (QED) is 0.617. The number of rotatable bonds is 4. The van der Waals surface area contributed by atoms with Gasteiger partial charge >= 0.3 is 0 Å². The molecule has 126 valence electrons. The number of benzene rings is 2. The van der Waals surface area contributed by atoms with E-state index in [-0.39, 0.29) is 0 Å². The fourth-order valence-electron chi connectivity index (χ4n) is 2.97. The Labute approximate surface area is 145 Å². The third-order valence-corrected chi connectivity index (χ3v) is 4.15. The van der Waals surface area contributed by atoms with Crippen LogP contribution in [0.15, 0.2) is 48.8 Å². The van der Waals surface area contributed by atoms with Gasteiger partial charge in [0.15, 0.2) is 0 Å². The van der Waals surface area contributed by atoms with E-state index in [2.05, 4.69) is 21.0 Å². The number of aromatic amines is 1. The van der Waals surface area contributed by atoms with E-state index in [0.29, 0.717) is 0 Å². The van der Waals surface area contributed by atoms with E-state index in [1.165, 1.54) is 0 Å². The lowest BCUT2D eigenvalue weighted by molar-refractivity contribution is 0.404. The molecule has 0 aliphatic rings. The van der Waals surface area contributed by atoms with Crippen molar-refractivity contribution in [1.29, 1.82) is 0 Å². The highest BCUT2D eigenvalue weighted by Crippen LogP contribution is 2.33. The molecule has 0 bridgehead atoms. The molecular formula is C19H18N4O2. The first-order chi connectivity index (χ1) is 12.2. The Kier molecular flexibility index (Phi) is 3.65. The molecule has 0 spiro atoms. The second-order valence-electron chi connectivity index (χ2n) is 5.71. The lowest BCUT2D eigenvalue weighted by Gasteiger charge is -2.12. The van der Waals surface area contributed by atoms with Crippen molar-refractivity contribution in [2.24, 2.45) is 0 Å². The summed E-state index contributed by atoms with van der Waals surface area (Å²) in [5.41, 5.74) is 3.80. The van der Waals surface area contributed by atoms with E-state index in [1.54, 1.807) is 20.4 Å². The predicted molar refractivity (Wildman–Crippen MR) is 96.5 cm³/mol. The Morgan fingerprint density at radius 1 is 1.04 bits per heavy atom. The summed E-state index contributed by atoms with van der Waals surface area (Å²) in [7, 11) is 3.30. The zero-order chi connectivity index (χ0) is 17.4. The van der Waals surface area contributed by atoms with E-state index < -0.39 is 0 Å². The molecule has 2 aromatic carbocycles. The van der Waals surface area contributed by atoms with Crippen molar-refractivity contribution in [3.05, 3.63) is 54.6 Å². The molecule has 0 saturated heterocycles. The smallest absolute Gasteiger partial charge is 0.148 e. The van der Waals surface area contributed by atoms with E-state index in [9.17, 15) is 0 Å². The summed E-state index contributed by atoms with van der Waals surface area (Å²) in [5, 5.41) is 0. The maximum atomic E-state index is 5.51. The Morgan fingerprint density at radius 3 is 2.72 bits per heavy atom. The Balaban J connectivity index is 1.87.